The van der Waals surface area contributed by atoms with Crippen LogP contribution in [0.1, 0.15) is 44.9 Å². The standard InChI is InChI=1S/C30H32N6O3/c1-18-25(28(37)33-21-8-7-15-31-17-21)26(23-16-22(38-5)13-14-24(23)39-6)36-29(32-18)34-27(35-36)19-9-11-20(12-10-19)30(2,3)4/h7-17,26H,1-6H3,(H,33,37)(H,32,34,35). The highest BCUT2D eigenvalue weighted by molar-refractivity contribution is 6.06. The first kappa shape index (κ1) is 26.0. The van der Waals surface area contributed by atoms with Crippen molar-refractivity contribution in [2.24, 2.45) is 0 Å². The number of carbonyl (C=O) groups is 1. The summed E-state index contributed by atoms with van der Waals surface area (Å²) in [4.78, 5) is 22.7. The van der Waals surface area contributed by atoms with E-state index >= 15 is 0 Å². The Morgan fingerprint density at radius 2 is 1.82 bits per heavy atom. The zero-order chi connectivity index (χ0) is 27.7. The van der Waals surface area contributed by atoms with E-state index in [1.54, 1.807) is 43.4 Å². The van der Waals surface area contributed by atoms with Crippen LogP contribution in [-0.4, -0.2) is 39.9 Å². The molecule has 5 rings (SSSR count). The summed E-state index contributed by atoms with van der Waals surface area (Å²) in [5.74, 6) is 2.01. The molecule has 2 aromatic carbocycles. The highest BCUT2D eigenvalue weighted by Crippen LogP contribution is 2.41. The van der Waals surface area contributed by atoms with Gasteiger partial charge in [-0.05, 0) is 48.2 Å². The Balaban J connectivity index is 1.63. The first-order valence-corrected chi connectivity index (χ1v) is 12.7. The molecule has 0 aliphatic carbocycles. The molecule has 1 atom stereocenters. The lowest BCUT2D eigenvalue weighted by Gasteiger charge is -2.29. The van der Waals surface area contributed by atoms with Gasteiger partial charge >= 0.3 is 0 Å². The number of carbonyl (C=O) groups excluding carboxylic acids is 1. The number of pyridine rings is 1. The van der Waals surface area contributed by atoms with Crippen molar-refractivity contribution in [3.63, 3.8) is 0 Å². The van der Waals surface area contributed by atoms with E-state index < -0.39 is 6.04 Å². The number of rotatable bonds is 6. The van der Waals surface area contributed by atoms with Gasteiger partial charge in [0.25, 0.3) is 5.91 Å². The molecule has 1 aliphatic heterocycles. The monoisotopic (exact) mass is 524 g/mol. The van der Waals surface area contributed by atoms with Crippen molar-refractivity contribution in [2.75, 3.05) is 24.9 Å². The largest absolute Gasteiger partial charge is 0.497 e. The first-order chi connectivity index (χ1) is 18.7. The van der Waals surface area contributed by atoms with Gasteiger partial charge in [-0.2, -0.15) is 4.98 Å². The van der Waals surface area contributed by atoms with E-state index in [4.69, 9.17) is 19.6 Å². The Labute approximate surface area is 227 Å². The van der Waals surface area contributed by atoms with Crippen LogP contribution in [0.15, 0.2) is 78.3 Å². The molecule has 0 saturated carbocycles. The van der Waals surface area contributed by atoms with E-state index in [0.717, 1.165) is 11.1 Å². The highest BCUT2D eigenvalue weighted by atomic mass is 16.5. The summed E-state index contributed by atoms with van der Waals surface area (Å²) >= 11 is 0. The normalized spacial score (nSPS) is 14.9. The molecule has 0 spiro atoms. The molecule has 1 aliphatic rings. The summed E-state index contributed by atoms with van der Waals surface area (Å²) in [5.41, 5.74) is 4.56. The van der Waals surface area contributed by atoms with Gasteiger partial charge in [0.1, 0.15) is 17.5 Å². The number of aromatic nitrogens is 4. The fraction of sp³-hybridized carbons (Fsp3) is 0.267. The predicted molar refractivity (Wildman–Crippen MR) is 151 cm³/mol. The summed E-state index contributed by atoms with van der Waals surface area (Å²) in [7, 11) is 3.20. The van der Waals surface area contributed by atoms with E-state index in [9.17, 15) is 4.79 Å². The molecule has 0 fully saturated rings. The Morgan fingerprint density at radius 3 is 2.46 bits per heavy atom. The second kappa shape index (κ2) is 10.2. The molecule has 1 amide bonds. The zero-order valence-corrected chi connectivity index (χ0v) is 22.9. The molecule has 2 aromatic heterocycles. The molecule has 200 valence electrons. The lowest BCUT2D eigenvalue weighted by atomic mass is 9.87. The third kappa shape index (κ3) is 5.07. The van der Waals surface area contributed by atoms with Gasteiger partial charge in [-0.25, -0.2) is 4.68 Å². The van der Waals surface area contributed by atoms with Crippen LogP contribution in [0.3, 0.4) is 0 Å². The molecule has 2 N–H and O–H groups in total. The Kier molecular flexibility index (Phi) is 6.82. The minimum Gasteiger partial charge on any atom is -0.497 e. The van der Waals surface area contributed by atoms with Crippen molar-refractivity contribution in [1.29, 1.82) is 0 Å². The number of nitrogens with one attached hydrogen (secondary N) is 2. The summed E-state index contributed by atoms with van der Waals surface area (Å²) in [6.45, 7) is 8.39. The molecule has 9 heteroatoms. The minimum atomic E-state index is -0.641. The SMILES string of the molecule is COc1ccc(OC)c(C2C(C(=O)Nc3cccnc3)=C(C)Nc3nc(-c4ccc(C(C)(C)C)cc4)nn32)c1. The van der Waals surface area contributed by atoms with E-state index in [1.165, 1.54) is 5.56 Å². The maximum Gasteiger partial charge on any atom is 0.255 e. The number of hydrogen-bond acceptors (Lipinski definition) is 7. The highest BCUT2D eigenvalue weighted by Gasteiger charge is 2.36. The van der Waals surface area contributed by atoms with Gasteiger partial charge < -0.3 is 20.1 Å². The number of fused-ring (bicyclic) bond motifs is 1. The number of benzene rings is 2. The molecular weight excluding hydrogens is 492 g/mol. The number of allylic oxidation sites excluding steroid dienone is 1. The number of nitrogens with zero attached hydrogens (tertiary/aromatic N) is 4. The van der Waals surface area contributed by atoms with Gasteiger partial charge in [-0.1, -0.05) is 45.0 Å². The Hall–Kier alpha value is -4.66. The molecule has 0 bridgehead atoms. The van der Waals surface area contributed by atoms with Crippen molar-refractivity contribution >= 4 is 17.5 Å². The lowest BCUT2D eigenvalue weighted by molar-refractivity contribution is -0.113. The first-order valence-electron chi connectivity index (χ1n) is 12.7. The van der Waals surface area contributed by atoms with Crippen molar-refractivity contribution in [1.82, 2.24) is 19.7 Å². The Bertz CT molecular complexity index is 1540. The van der Waals surface area contributed by atoms with Crippen LogP contribution in [0.25, 0.3) is 11.4 Å². The molecule has 9 nitrogen and oxygen atoms in total. The van der Waals surface area contributed by atoms with Crippen LogP contribution in [-0.2, 0) is 10.2 Å². The van der Waals surface area contributed by atoms with Crippen molar-refractivity contribution in [3.8, 4) is 22.9 Å². The van der Waals surface area contributed by atoms with Crippen molar-refractivity contribution in [2.45, 2.75) is 39.2 Å². The second-order valence-corrected chi connectivity index (χ2v) is 10.4. The maximum absolute atomic E-state index is 13.8. The predicted octanol–water partition coefficient (Wildman–Crippen LogP) is 5.58. The topological polar surface area (TPSA) is 103 Å². The van der Waals surface area contributed by atoms with Gasteiger partial charge in [0.2, 0.25) is 5.95 Å². The van der Waals surface area contributed by atoms with Gasteiger partial charge in [-0.15, -0.1) is 5.10 Å². The molecule has 4 aromatic rings. The van der Waals surface area contributed by atoms with E-state index in [2.05, 4.69) is 48.5 Å². The molecular formula is C30H32N6O3. The van der Waals surface area contributed by atoms with Gasteiger partial charge in [0, 0.05) is 23.0 Å². The quantitative estimate of drug-likeness (QED) is 0.339. The smallest absolute Gasteiger partial charge is 0.255 e. The average Bonchev–Trinajstić information content (AvgIpc) is 3.35. The molecule has 3 heterocycles. The van der Waals surface area contributed by atoms with E-state index in [-0.39, 0.29) is 11.3 Å². The van der Waals surface area contributed by atoms with Gasteiger partial charge in [0.05, 0.1) is 31.7 Å². The van der Waals surface area contributed by atoms with Crippen LogP contribution in [0.4, 0.5) is 11.6 Å². The van der Waals surface area contributed by atoms with Crippen molar-refractivity contribution < 1.29 is 14.3 Å². The maximum atomic E-state index is 13.8. The number of amides is 1. The third-order valence-electron chi connectivity index (χ3n) is 6.76. The lowest BCUT2D eigenvalue weighted by Crippen LogP contribution is -2.31. The van der Waals surface area contributed by atoms with Crippen LogP contribution in [0.2, 0.25) is 0 Å². The molecule has 0 saturated heterocycles. The van der Waals surface area contributed by atoms with E-state index in [1.807, 2.05) is 37.3 Å². The minimum absolute atomic E-state index is 0.0343. The summed E-state index contributed by atoms with van der Waals surface area (Å²) in [6.07, 6.45) is 3.26. The fourth-order valence-corrected chi connectivity index (χ4v) is 4.66. The second-order valence-electron chi connectivity index (χ2n) is 10.4. The van der Waals surface area contributed by atoms with Crippen LogP contribution in [0, 0.1) is 0 Å². The van der Waals surface area contributed by atoms with E-state index in [0.29, 0.717) is 40.2 Å². The number of methoxy groups -OCH3 is 2. The fourth-order valence-electron chi connectivity index (χ4n) is 4.66. The van der Waals surface area contributed by atoms with Crippen molar-refractivity contribution in [3.05, 3.63) is 89.4 Å². The summed E-state index contributed by atoms with van der Waals surface area (Å²) in [6, 6.07) is 16.7. The zero-order valence-electron chi connectivity index (χ0n) is 22.9. The third-order valence-corrected chi connectivity index (χ3v) is 6.76. The number of anilines is 2. The molecule has 0 radical (unpaired) electrons. The van der Waals surface area contributed by atoms with Crippen LogP contribution < -0.4 is 20.1 Å². The summed E-state index contributed by atoms with van der Waals surface area (Å²) < 4.78 is 13.0. The molecule has 1 unspecified atom stereocenters. The molecule has 39 heavy (non-hydrogen) atoms. The van der Waals surface area contributed by atoms with Gasteiger partial charge in [0.15, 0.2) is 5.82 Å². The van der Waals surface area contributed by atoms with Crippen LogP contribution in [0.5, 0.6) is 11.5 Å². The Morgan fingerprint density at radius 1 is 1.05 bits per heavy atom. The summed E-state index contributed by atoms with van der Waals surface area (Å²) in [5, 5.41) is 11.1. The number of ether oxygens (including phenoxy) is 2. The number of hydrogen-bond donors (Lipinski definition) is 2. The van der Waals surface area contributed by atoms with Gasteiger partial charge in [-0.3, -0.25) is 9.78 Å². The average molecular weight is 525 g/mol. The van der Waals surface area contributed by atoms with Crippen LogP contribution >= 0.6 is 0 Å².